The number of rotatable bonds is 3. The van der Waals surface area contributed by atoms with Gasteiger partial charge in [-0.3, -0.25) is 14.9 Å². The van der Waals surface area contributed by atoms with Gasteiger partial charge in [0, 0.05) is 73.7 Å². The van der Waals surface area contributed by atoms with E-state index in [9.17, 15) is 0 Å². The number of pyridine rings is 2. The Balaban J connectivity index is 1.54. The van der Waals surface area contributed by atoms with Crippen LogP contribution in [0, 0.1) is 0 Å². The minimum Gasteiger partial charge on any atom is -0.294 e. The molecule has 0 N–H and O–H groups in total. The first-order chi connectivity index (χ1) is 12.2. The fraction of sp³-hybridized carbons (Fsp3) is 0.222. The van der Waals surface area contributed by atoms with Crippen molar-refractivity contribution in [1.29, 1.82) is 0 Å². The fourth-order valence-corrected chi connectivity index (χ4v) is 3.44. The van der Waals surface area contributed by atoms with E-state index in [1.165, 1.54) is 0 Å². The van der Waals surface area contributed by atoms with Gasteiger partial charge in [-0.25, -0.2) is 9.97 Å². The van der Waals surface area contributed by atoms with Gasteiger partial charge in [0.25, 0.3) is 0 Å². The molecule has 0 bridgehead atoms. The second-order valence-electron chi connectivity index (χ2n) is 5.95. The maximum atomic E-state index is 6.23. The van der Waals surface area contributed by atoms with E-state index in [0.29, 0.717) is 16.6 Å². The topological polar surface area (TPSA) is 54.8 Å². The van der Waals surface area contributed by atoms with E-state index in [1.54, 1.807) is 24.8 Å². The molecule has 0 fully saturated rings. The number of nitrogens with zero attached hydrogens (tertiary/aromatic N) is 5. The molecule has 7 heteroatoms. The van der Waals surface area contributed by atoms with Crippen LogP contribution in [0.25, 0.3) is 11.4 Å². The SMILES string of the molecule is Clc1cncc(Cl)c1CN1CCc2nc(-c3cccnc3)ncc2C1. The Bertz CT molecular complexity index is 881. The maximum Gasteiger partial charge on any atom is 0.160 e. The number of aromatic nitrogens is 4. The molecule has 0 unspecified atom stereocenters. The Hall–Kier alpha value is -2.08. The van der Waals surface area contributed by atoms with Crippen LogP contribution in [-0.2, 0) is 19.5 Å². The average molecular weight is 372 g/mol. The van der Waals surface area contributed by atoms with Gasteiger partial charge in [0.1, 0.15) is 0 Å². The lowest BCUT2D eigenvalue weighted by Gasteiger charge is -2.28. The Morgan fingerprint density at radius 1 is 1.04 bits per heavy atom. The lowest BCUT2D eigenvalue weighted by Crippen LogP contribution is -2.31. The highest BCUT2D eigenvalue weighted by atomic mass is 35.5. The van der Waals surface area contributed by atoms with Gasteiger partial charge in [-0.1, -0.05) is 23.2 Å². The smallest absolute Gasteiger partial charge is 0.160 e. The number of halogens is 2. The molecule has 3 aromatic heterocycles. The van der Waals surface area contributed by atoms with Gasteiger partial charge >= 0.3 is 0 Å². The van der Waals surface area contributed by atoms with Crippen molar-refractivity contribution in [3.63, 3.8) is 0 Å². The molecule has 0 aromatic carbocycles. The zero-order valence-corrected chi connectivity index (χ0v) is 14.9. The van der Waals surface area contributed by atoms with Crippen LogP contribution in [0.5, 0.6) is 0 Å². The third-order valence-corrected chi connectivity index (χ3v) is 4.92. The van der Waals surface area contributed by atoms with Crippen LogP contribution in [0.3, 0.4) is 0 Å². The van der Waals surface area contributed by atoms with Gasteiger partial charge in [-0.15, -0.1) is 0 Å². The van der Waals surface area contributed by atoms with Gasteiger partial charge in [0.2, 0.25) is 0 Å². The van der Waals surface area contributed by atoms with Crippen LogP contribution in [0.15, 0.2) is 43.1 Å². The van der Waals surface area contributed by atoms with E-state index < -0.39 is 0 Å². The Morgan fingerprint density at radius 3 is 2.64 bits per heavy atom. The van der Waals surface area contributed by atoms with E-state index in [-0.39, 0.29) is 0 Å². The van der Waals surface area contributed by atoms with Gasteiger partial charge in [-0.05, 0) is 12.1 Å². The standard InChI is InChI=1S/C18H15Cl2N5/c19-15-8-22-9-16(20)14(15)11-25-5-3-17-13(10-25)7-23-18(24-17)12-2-1-4-21-6-12/h1-2,4,6-9H,3,5,10-11H2. The molecule has 0 atom stereocenters. The molecule has 25 heavy (non-hydrogen) atoms. The van der Waals surface area contributed by atoms with Crippen molar-refractivity contribution >= 4 is 23.2 Å². The zero-order valence-electron chi connectivity index (χ0n) is 13.4. The third kappa shape index (κ3) is 3.49. The molecule has 0 radical (unpaired) electrons. The average Bonchev–Trinajstić information content (AvgIpc) is 2.65. The normalized spacial score (nSPS) is 14.3. The molecule has 0 saturated carbocycles. The van der Waals surface area contributed by atoms with E-state index in [0.717, 1.165) is 47.7 Å². The summed E-state index contributed by atoms with van der Waals surface area (Å²) in [5.74, 6) is 0.723. The van der Waals surface area contributed by atoms with E-state index in [4.69, 9.17) is 28.2 Å². The molecule has 1 aliphatic heterocycles. The number of hydrogen-bond acceptors (Lipinski definition) is 5. The molecule has 0 aliphatic carbocycles. The summed E-state index contributed by atoms with van der Waals surface area (Å²) in [7, 11) is 0. The molecule has 4 rings (SSSR count). The molecule has 126 valence electrons. The summed E-state index contributed by atoms with van der Waals surface area (Å²) in [6.45, 7) is 2.35. The van der Waals surface area contributed by atoms with Gasteiger partial charge in [-0.2, -0.15) is 0 Å². The van der Waals surface area contributed by atoms with E-state index in [1.807, 2.05) is 18.3 Å². The lowest BCUT2D eigenvalue weighted by molar-refractivity contribution is 0.243. The number of fused-ring (bicyclic) bond motifs is 1. The van der Waals surface area contributed by atoms with E-state index >= 15 is 0 Å². The summed E-state index contributed by atoms with van der Waals surface area (Å²) in [6, 6.07) is 3.86. The Morgan fingerprint density at radius 2 is 1.88 bits per heavy atom. The van der Waals surface area contributed by atoms with Crippen LogP contribution >= 0.6 is 23.2 Å². The summed E-state index contributed by atoms with van der Waals surface area (Å²) in [5, 5.41) is 1.20. The maximum absolute atomic E-state index is 6.23. The van der Waals surface area contributed by atoms with E-state index in [2.05, 4.69) is 19.9 Å². The van der Waals surface area contributed by atoms with Crippen LogP contribution in [-0.4, -0.2) is 31.4 Å². The highest BCUT2D eigenvalue weighted by Gasteiger charge is 2.20. The molecule has 0 amide bonds. The highest BCUT2D eigenvalue weighted by Crippen LogP contribution is 2.27. The molecule has 0 spiro atoms. The second-order valence-corrected chi connectivity index (χ2v) is 6.76. The lowest BCUT2D eigenvalue weighted by atomic mass is 10.1. The zero-order chi connectivity index (χ0) is 17.2. The minimum atomic E-state index is 0.599. The summed E-state index contributed by atoms with van der Waals surface area (Å²) in [5.41, 5.74) is 4.08. The molecule has 4 heterocycles. The predicted molar refractivity (Wildman–Crippen MR) is 97.3 cm³/mol. The van der Waals surface area contributed by atoms with Crippen molar-refractivity contribution in [1.82, 2.24) is 24.8 Å². The summed E-state index contributed by atoms with van der Waals surface area (Å²) >= 11 is 12.5. The molecule has 0 saturated heterocycles. The van der Waals surface area contributed by atoms with Crippen LogP contribution in [0.2, 0.25) is 10.0 Å². The molecule has 1 aliphatic rings. The van der Waals surface area contributed by atoms with Crippen molar-refractivity contribution in [3.8, 4) is 11.4 Å². The quantitative estimate of drug-likeness (QED) is 0.700. The van der Waals surface area contributed by atoms with Gasteiger partial charge in [0.15, 0.2) is 5.82 Å². The van der Waals surface area contributed by atoms with Crippen molar-refractivity contribution in [2.75, 3.05) is 6.54 Å². The minimum absolute atomic E-state index is 0.599. The second kappa shape index (κ2) is 7.04. The number of hydrogen-bond donors (Lipinski definition) is 0. The summed E-state index contributed by atoms with van der Waals surface area (Å²) < 4.78 is 0. The predicted octanol–water partition coefficient (Wildman–Crippen LogP) is 3.80. The Kier molecular flexibility index (Phi) is 4.61. The van der Waals surface area contributed by atoms with Crippen molar-refractivity contribution < 1.29 is 0 Å². The van der Waals surface area contributed by atoms with Crippen LogP contribution in [0.1, 0.15) is 16.8 Å². The van der Waals surface area contributed by atoms with Gasteiger partial charge in [0.05, 0.1) is 15.7 Å². The van der Waals surface area contributed by atoms with Gasteiger partial charge < -0.3 is 0 Å². The first-order valence-electron chi connectivity index (χ1n) is 7.96. The third-order valence-electron chi connectivity index (χ3n) is 4.27. The molecular weight excluding hydrogens is 357 g/mol. The first-order valence-corrected chi connectivity index (χ1v) is 8.72. The monoisotopic (exact) mass is 371 g/mol. The first kappa shape index (κ1) is 16.4. The molecular formula is C18H15Cl2N5. The van der Waals surface area contributed by atoms with Crippen molar-refractivity contribution in [3.05, 3.63) is 70.0 Å². The largest absolute Gasteiger partial charge is 0.294 e. The van der Waals surface area contributed by atoms with Crippen molar-refractivity contribution in [2.24, 2.45) is 0 Å². The van der Waals surface area contributed by atoms with Crippen LogP contribution < -0.4 is 0 Å². The molecule has 5 nitrogen and oxygen atoms in total. The summed E-state index contributed by atoms with van der Waals surface area (Å²) in [4.78, 5) is 19.6. The highest BCUT2D eigenvalue weighted by molar-refractivity contribution is 6.35. The van der Waals surface area contributed by atoms with Crippen LogP contribution in [0.4, 0.5) is 0 Å². The molecule has 3 aromatic rings. The Labute approximate surface area is 155 Å². The summed E-state index contributed by atoms with van der Waals surface area (Å²) in [6.07, 6.45) is 9.56. The van der Waals surface area contributed by atoms with Crippen molar-refractivity contribution in [2.45, 2.75) is 19.5 Å². The fourth-order valence-electron chi connectivity index (χ4n) is 2.96.